The van der Waals surface area contributed by atoms with Crippen molar-refractivity contribution < 1.29 is 17.9 Å². The van der Waals surface area contributed by atoms with Gasteiger partial charge in [0.1, 0.15) is 0 Å². The fraction of sp³-hybridized carbons (Fsp3) is 0.400. The van der Waals surface area contributed by atoms with Crippen LogP contribution in [0.15, 0.2) is 29.3 Å². The third-order valence-corrected chi connectivity index (χ3v) is 5.38. The predicted molar refractivity (Wildman–Crippen MR) is 91.3 cm³/mol. The summed E-state index contributed by atoms with van der Waals surface area (Å²) in [5.41, 5.74) is 0.861. The molecule has 0 radical (unpaired) electrons. The molecule has 1 N–H and O–H groups in total. The van der Waals surface area contributed by atoms with Gasteiger partial charge in [-0.05, 0) is 25.5 Å². The molecule has 1 heterocycles. The van der Waals surface area contributed by atoms with Crippen LogP contribution in [0.1, 0.15) is 12.1 Å². The quantitative estimate of drug-likeness (QED) is 0.717. The molecule has 0 atom stereocenters. The first-order valence-corrected chi connectivity index (χ1v) is 9.14. The van der Waals surface area contributed by atoms with E-state index in [9.17, 15) is 8.42 Å². The van der Waals surface area contributed by atoms with Gasteiger partial charge in [-0.2, -0.15) is 5.10 Å². The molecule has 0 saturated carbocycles. The number of sulfonamides is 1. The molecule has 24 heavy (non-hydrogen) atoms. The van der Waals surface area contributed by atoms with E-state index in [0.717, 1.165) is 5.69 Å². The number of benzene rings is 1. The first-order valence-electron chi connectivity index (χ1n) is 7.28. The minimum absolute atomic E-state index is 0.124. The van der Waals surface area contributed by atoms with Gasteiger partial charge < -0.3 is 9.47 Å². The van der Waals surface area contributed by atoms with Crippen molar-refractivity contribution in [2.75, 3.05) is 20.8 Å². The molecule has 9 heteroatoms. The zero-order valence-electron chi connectivity index (χ0n) is 13.7. The molecule has 0 spiro atoms. The zero-order chi connectivity index (χ0) is 17.7. The Kier molecular flexibility index (Phi) is 6.09. The zero-order valence-corrected chi connectivity index (χ0v) is 15.3. The Bertz CT molecular complexity index is 805. The highest BCUT2D eigenvalue weighted by Crippen LogP contribution is 2.29. The number of nitrogens with zero attached hydrogens (tertiary/aromatic N) is 2. The third-order valence-electron chi connectivity index (χ3n) is 3.55. The van der Waals surface area contributed by atoms with E-state index in [1.807, 2.05) is 6.92 Å². The molecule has 132 valence electrons. The molecule has 0 unspecified atom stereocenters. The Morgan fingerprint density at radius 1 is 1.25 bits per heavy atom. The number of methoxy groups -OCH3 is 2. The second kappa shape index (κ2) is 7.87. The van der Waals surface area contributed by atoms with Crippen molar-refractivity contribution in [1.82, 2.24) is 14.5 Å². The molecule has 2 aromatic rings. The predicted octanol–water partition coefficient (Wildman–Crippen LogP) is 2.23. The van der Waals surface area contributed by atoms with Gasteiger partial charge >= 0.3 is 0 Å². The Hall–Kier alpha value is -1.77. The van der Waals surface area contributed by atoms with Crippen molar-refractivity contribution >= 4 is 21.6 Å². The van der Waals surface area contributed by atoms with Crippen LogP contribution in [0, 0.1) is 6.92 Å². The molecule has 0 saturated heterocycles. The van der Waals surface area contributed by atoms with Crippen molar-refractivity contribution in [1.29, 1.82) is 0 Å². The summed E-state index contributed by atoms with van der Waals surface area (Å²) in [5.74, 6) is 0.838. The van der Waals surface area contributed by atoms with Gasteiger partial charge in [-0.15, -0.1) is 0 Å². The Morgan fingerprint density at radius 3 is 2.54 bits per heavy atom. The van der Waals surface area contributed by atoms with Crippen molar-refractivity contribution in [2.24, 2.45) is 0 Å². The average Bonchev–Trinajstić information content (AvgIpc) is 2.90. The maximum Gasteiger partial charge on any atom is 0.240 e. The molecule has 0 aliphatic carbocycles. The standard InChI is InChI=1S/C15H20ClN3O4S/c1-11-13(16)10-17-19(11)8-4-7-18-24(20,21)12-5-6-14(22-2)15(9-12)23-3/h5-6,9-10,18H,4,7-8H2,1-3H3. The van der Waals surface area contributed by atoms with E-state index in [-0.39, 0.29) is 11.4 Å². The normalized spacial score (nSPS) is 11.5. The first kappa shape index (κ1) is 18.6. The van der Waals surface area contributed by atoms with Gasteiger partial charge in [0.05, 0.1) is 36.0 Å². The minimum Gasteiger partial charge on any atom is -0.493 e. The van der Waals surface area contributed by atoms with Crippen LogP contribution in [0.2, 0.25) is 5.02 Å². The average molecular weight is 374 g/mol. The molecule has 0 aliphatic heterocycles. The van der Waals surface area contributed by atoms with Gasteiger partial charge in [0, 0.05) is 19.2 Å². The summed E-state index contributed by atoms with van der Waals surface area (Å²) in [6.07, 6.45) is 2.16. The number of aryl methyl sites for hydroxylation is 1. The summed E-state index contributed by atoms with van der Waals surface area (Å²) in [7, 11) is -0.667. The molecule has 0 amide bonds. The number of rotatable bonds is 8. The number of halogens is 1. The Balaban J connectivity index is 1.97. The van der Waals surface area contributed by atoms with E-state index in [1.165, 1.54) is 26.4 Å². The van der Waals surface area contributed by atoms with Gasteiger partial charge in [0.15, 0.2) is 11.5 Å². The van der Waals surface area contributed by atoms with Crippen LogP contribution in [0.3, 0.4) is 0 Å². The van der Waals surface area contributed by atoms with E-state index in [1.54, 1.807) is 16.9 Å². The molecule has 2 rings (SSSR count). The van der Waals surface area contributed by atoms with Crippen LogP contribution in [-0.4, -0.2) is 39.0 Å². The number of ether oxygens (including phenoxy) is 2. The second-order valence-electron chi connectivity index (χ2n) is 5.07. The SMILES string of the molecule is COc1ccc(S(=O)(=O)NCCCn2ncc(Cl)c2C)cc1OC. The molecular weight excluding hydrogens is 354 g/mol. The Morgan fingerprint density at radius 2 is 1.96 bits per heavy atom. The van der Waals surface area contributed by atoms with Crippen LogP contribution in [0.25, 0.3) is 0 Å². The van der Waals surface area contributed by atoms with E-state index in [4.69, 9.17) is 21.1 Å². The maximum absolute atomic E-state index is 12.3. The van der Waals surface area contributed by atoms with Crippen molar-refractivity contribution in [2.45, 2.75) is 24.8 Å². The van der Waals surface area contributed by atoms with Crippen LogP contribution < -0.4 is 14.2 Å². The second-order valence-corrected chi connectivity index (χ2v) is 7.24. The van der Waals surface area contributed by atoms with Crippen LogP contribution in [0.4, 0.5) is 0 Å². The molecular formula is C15H20ClN3O4S. The fourth-order valence-corrected chi connectivity index (χ4v) is 3.38. The molecule has 0 bridgehead atoms. The summed E-state index contributed by atoms with van der Waals surface area (Å²) in [5, 5.41) is 4.72. The van der Waals surface area contributed by atoms with Crippen molar-refractivity contribution in [3.05, 3.63) is 35.1 Å². The van der Waals surface area contributed by atoms with Crippen LogP contribution in [-0.2, 0) is 16.6 Å². The largest absolute Gasteiger partial charge is 0.493 e. The van der Waals surface area contributed by atoms with Crippen molar-refractivity contribution in [3.63, 3.8) is 0 Å². The van der Waals surface area contributed by atoms with Gasteiger partial charge in [-0.1, -0.05) is 11.6 Å². The number of hydrogen-bond acceptors (Lipinski definition) is 5. The molecule has 0 fully saturated rings. The molecule has 0 aliphatic rings. The highest BCUT2D eigenvalue weighted by atomic mass is 35.5. The lowest BCUT2D eigenvalue weighted by Gasteiger charge is -2.11. The Labute approximate surface area is 146 Å². The van der Waals surface area contributed by atoms with E-state index in [0.29, 0.717) is 29.5 Å². The first-order chi connectivity index (χ1) is 11.4. The van der Waals surface area contributed by atoms with E-state index < -0.39 is 10.0 Å². The smallest absolute Gasteiger partial charge is 0.240 e. The molecule has 1 aromatic heterocycles. The van der Waals surface area contributed by atoms with Gasteiger partial charge in [-0.3, -0.25) is 4.68 Å². The van der Waals surface area contributed by atoms with Gasteiger partial charge in [-0.25, -0.2) is 13.1 Å². The summed E-state index contributed by atoms with van der Waals surface area (Å²) in [6.45, 7) is 2.73. The highest BCUT2D eigenvalue weighted by molar-refractivity contribution is 7.89. The minimum atomic E-state index is -3.62. The lowest BCUT2D eigenvalue weighted by molar-refractivity contribution is 0.354. The van der Waals surface area contributed by atoms with E-state index in [2.05, 4.69) is 9.82 Å². The summed E-state index contributed by atoms with van der Waals surface area (Å²) >= 11 is 5.93. The third kappa shape index (κ3) is 4.19. The van der Waals surface area contributed by atoms with Crippen LogP contribution in [0.5, 0.6) is 11.5 Å². The van der Waals surface area contributed by atoms with Crippen LogP contribution >= 0.6 is 11.6 Å². The number of aromatic nitrogens is 2. The summed E-state index contributed by atoms with van der Waals surface area (Å²) < 4.78 is 39.2. The monoisotopic (exact) mass is 373 g/mol. The van der Waals surface area contributed by atoms with Crippen molar-refractivity contribution in [3.8, 4) is 11.5 Å². The summed E-state index contributed by atoms with van der Waals surface area (Å²) in [6, 6.07) is 4.46. The summed E-state index contributed by atoms with van der Waals surface area (Å²) in [4.78, 5) is 0.124. The highest BCUT2D eigenvalue weighted by Gasteiger charge is 2.16. The lowest BCUT2D eigenvalue weighted by atomic mass is 10.3. The topological polar surface area (TPSA) is 82.5 Å². The maximum atomic E-state index is 12.3. The van der Waals surface area contributed by atoms with Gasteiger partial charge in [0.2, 0.25) is 10.0 Å². The van der Waals surface area contributed by atoms with E-state index >= 15 is 0 Å². The number of hydrogen-bond donors (Lipinski definition) is 1. The molecule has 1 aromatic carbocycles. The fourth-order valence-electron chi connectivity index (χ4n) is 2.15. The molecule has 7 nitrogen and oxygen atoms in total. The number of nitrogens with one attached hydrogen (secondary N) is 1. The lowest BCUT2D eigenvalue weighted by Crippen LogP contribution is -2.25. The van der Waals surface area contributed by atoms with Gasteiger partial charge in [0.25, 0.3) is 0 Å².